The highest BCUT2D eigenvalue weighted by Crippen LogP contribution is 2.49. The van der Waals surface area contributed by atoms with Crippen molar-refractivity contribution in [3.8, 4) is 5.75 Å². The summed E-state index contributed by atoms with van der Waals surface area (Å²) in [6, 6.07) is 26.0. The molecule has 2 heterocycles. The fourth-order valence-corrected chi connectivity index (χ4v) is 5.03. The van der Waals surface area contributed by atoms with Crippen molar-refractivity contribution in [2.24, 2.45) is 5.92 Å². The first-order valence-electron chi connectivity index (χ1n) is 10.5. The van der Waals surface area contributed by atoms with Crippen molar-refractivity contribution >= 4 is 27.5 Å². The second kappa shape index (κ2) is 8.46. The van der Waals surface area contributed by atoms with E-state index in [0.29, 0.717) is 6.61 Å². The summed E-state index contributed by atoms with van der Waals surface area (Å²) in [7, 11) is 0. The largest absolute Gasteiger partial charge is 0.494 e. The molecule has 0 bridgehead atoms. The Morgan fingerprint density at radius 3 is 2.23 bits per heavy atom. The van der Waals surface area contributed by atoms with E-state index in [9.17, 15) is 4.79 Å². The highest BCUT2D eigenvalue weighted by Gasteiger charge is 2.55. The smallest absolute Gasteiger partial charge is 0.246 e. The quantitative estimate of drug-likeness (QED) is 0.555. The lowest BCUT2D eigenvalue weighted by Crippen LogP contribution is -2.41. The van der Waals surface area contributed by atoms with Crippen LogP contribution in [0.2, 0.25) is 0 Å². The summed E-state index contributed by atoms with van der Waals surface area (Å²) in [5.41, 5.74) is 9.85. The van der Waals surface area contributed by atoms with Gasteiger partial charge in [0.15, 0.2) is 0 Å². The SMILES string of the molecule is CCOc1ccc(C2NNC3C(=O)N(c4ccc(Br)cc4)C(c4ccccc4)C32)cc1. The van der Waals surface area contributed by atoms with E-state index >= 15 is 0 Å². The van der Waals surface area contributed by atoms with Gasteiger partial charge in [0.2, 0.25) is 5.91 Å². The Bertz CT molecular complexity index is 1060. The predicted octanol–water partition coefficient (Wildman–Crippen LogP) is 4.77. The van der Waals surface area contributed by atoms with Crippen LogP contribution in [0.1, 0.15) is 30.1 Å². The first kappa shape index (κ1) is 20.2. The lowest BCUT2D eigenvalue weighted by molar-refractivity contribution is -0.119. The van der Waals surface area contributed by atoms with Gasteiger partial charge < -0.3 is 9.64 Å². The number of carbonyl (C=O) groups excluding carboxylic acids is 1. The van der Waals surface area contributed by atoms with E-state index in [-0.39, 0.29) is 30.0 Å². The van der Waals surface area contributed by atoms with Crippen molar-refractivity contribution in [3.05, 3.63) is 94.5 Å². The molecule has 0 radical (unpaired) electrons. The molecule has 2 aliphatic heterocycles. The number of benzene rings is 3. The van der Waals surface area contributed by atoms with Crippen molar-refractivity contribution in [1.29, 1.82) is 0 Å². The van der Waals surface area contributed by atoms with Gasteiger partial charge in [0, 0.05) is 16.1 Å². The normalized spacial score (nSPS) is 25.0. The molecule has 5 rings (SSSR count). The zero-order valence-electron chi connectivity index (χ0n) is 17.2. The summed E-state index contributed by atoms with van der Waals surface area (Å²) >= 11 is 3.50. The van der Waals surface area contributed by atoms with E-state index in [4.69, 9.17) is 4.74 Å². The minimum absolute atomic E-state index is 0.00437. The number of nitrogens with one attached hydrogen (secondary N) is 2. The lowest BCUT2D eigenvalue weighted by atomic mass is 9.83. The molecule has 158 valence electrons. The van der Waals surface area contributed by atoms with Crippen molar-refractivity contribution in [2.75, 3.05) is 11.5 Å². The molecule has 6 heteroatoms. The minimum Gasteiger partial charge on any atom is -0.494 e. The number of hydrazine groups is 1. The van der Waals surface area contributed by atoms with E-state index in [1.54, 1.807) is 0 Å². The van der Waals surface area contributed by atoms with Crippen LogP contribution in [0.3, 0.4) is 0 Å². The molecule has 0 aliphatic carbocycles. The summed E-state index contributed by atoms with van der Waals surface area (Å²) in [5.74, 6) is 0.978. The molecule has 2 saturated heterocycles. The van der Waals surface area contributed by atoms with Gasteiger partial charge in [-0.3, -0.25) is 4.79 Å². The zero-order valence-corrected chi connectivity index (χ0v) is 18.7. The Labute approximate surface area is 190 Å². The molecule has 4 atom stereocenters. The van der Waals surface area contributed by atoms with Crippen molar-refractivity contribution in [3.63, 3.8) is 0 Å². The van der Waals surface area contributed by atoms with Crippen LogP contribution in [-0.2, 0) is 4.79 Å². The molecule has 0 saturated carbocycles. The molecular formula is C25H24BrN3O2. The average molecular weight is 478 g/mol. The van der Waals surface area contributed by atoms with E-state index in [2.05, 4.69) is 51.0 Å². The number of rotatable bonds is 5. The lowest BCUT2D eigenvalue weighted by Gasteiger charge is -2.31. The Morgan fingerprint density at radius 1 is 0.871 bits per heavy atom. The Morgan fingerprint density at radius 2 is 1.55 bits per heavy atom. The first-order chi connectivity index (χ1) is 15.2. The fraction of sp³-hybridized carbons (Fsp3) is 0.240. The van der Waals surface area contributed by atoms with Gasteiger partial charge in [0.05, 0.1) is 18.7 Å². The van der Waals surface area contributed by atoms with Crippen molar-refractivity contribution in [1.82, 2.24) is 10.9 Å². The van der Waals surface area contributed by atoms with Crippen LogP contribution in [-0.4, -0.2) is 18.6 Å². The van der Waals surface area contributed by atoms with Crippen LogP contribution in [0.4, 0.5) is 5.69 Å². The number of ether oxygens (including phenoxy) is 1. The first-order valence-corrected chi connectivity index (χ1v) is 11.3. The molecular weight excluding hydrogens is 454 g/mol. The molecule has 2 aliphatic rings. The Balaban J connectivity index is 1.56. The predicted molar refractivity (Wildman–Crippen MR) is 125 cm³/mol. The maximum absolute atomic E-state index is 13.6. The molecule has 5 nitrogen and oxygen atoms in total. The zero-order chi connectivity index (χ0) is 21.4. The fourth-order valence-electron chi connectivity index (χ4n) is 4.77. The van der Waals surface area contributed by atoms with Crippen LogP contribution in [0, 0.1) is 5.92 Å². The van der Waals surface area contributed by atoms with Gasteiger partial charge >= 0.3 is 0 Å². The molecule has 2 fully saturated rings. The van der Waals surface area contributed by atoms with Gasteiger partial charge in [-0.1, -0.05) is 58.4 Å². The molecule has 0 spiro atoms. The van der Waals surface area contributed by atoms with Crippen molar-refractivity contribution < 1.29 is 9.53 Å². The summed E-state index contributed by atoms with van der Waals surface area (Å²) in [5, 5.41) is 0. The Hall–Kier alpha value is -2.67. The number of anilines is 1. The van der Waals surface area contributed by atoms with Crippen LogP contribution >= 0.6 is 15.9 Å². The topological polar surface area (TPSA) is 53.6 Å². The molecule has 31 heavy (non-hydrogen) atoms. The van der Waals surface area contributed by atoms with Crippen molar-refractivity contribution in [2.45, 2.75) is 25.0 Å². The highest BCUT2D eigenvalue weighted by molar-refractivity contribution is 9.10. The van der Waals surface area contributed by atoms with Gasteiger partial charge in [-0.2, -0.15) is 0 Å². The van der Waals surface area contributed by atoms with E-state index in [1.165, 1.54) is 0 Å². The summed E-state index contributed by atoms with van der Waals surface area (Å²) in [6.07, 6.45) is 0. The standard InChI is InChI=1S/C25H24BrN3O2/c1-2-31-20-14-8-16(9-15-20)22-21-23(28-27-22)25(30)29(19-12-10-18(26)11-13-19)24(21)17-6-4-3-5-7-17/h3-15,21-24,27-28H,2H2,1H3. The summed E-state index contributed by atoms with van der Waals surface area (Å²) in [4.78, 5) is 15.5. The van der Waals surface area contributed by atoms with E-state index < -0.39 is 0 Å². The number of fused-ring (bicyclic) bond motifs is 1. The number of amides is 1. The van der Waals surface area contributed by atoms with Crippen LogP contribution in [0.5, 0.6) is 5.75 Å². The van der Waals surface area contributed by atoms with Gasteiger partial charge in [0.1, 0.15) is 11.8 Å². The van der Waals surface area contributed by atoms with Gasteiger partial charge in [-0.05, 0) is 54.4 Å². The van der Waals surface area contributed by atoms with Gasteiger partial charge in [0.25, 0.3) is 0 Å². The molecule has 3 aromatic rings. The second-order valence-corrected chi connectivity index (χ2v) is 8.78. The maximum Gasteiger partial charge on any atom is 0.246 e. The second-order valence-electron chi connectivity index (χ2n) is 7.86. The molecule has 2 N–H and O–H groups in total. The van der Waals surface area contributed by atoms with Crippen LogP contribution < -0.4 is 20.5 Å². The van der Waals surface area contributed by atoms with E-state index in [0.717, 1.165) is 27.0 Å². The number of nitrogens with zero attached hydrogens (tertiary/aromatic N) is 1. The maximum atomic E-state index is 13.6. The third-order valence-electron chi connectivity index (χ3n) is 6.11. The monoisotopic (exact) mass is 477 g/mol. The van der Waals surface area contributed by atoms with Crippen LogP contribution in [0.15, 0.2) is 83.3 Å². The minimum atomic E-state index is -0.301. The third-order valence-corrected chi connectivity index (χ3v) is 6.64. The summed E-state index contributed by atoms with van der Waals surface area (Å²) in [6.45, 7) is 2.62. The number of halogens is 1. The number of carbonyl (C=O) groups is 1. The summed E-state index contributed by atoms with van der Waals surface area (Å²) < 4.78 is 6.59. The highest BCUT2D eigenvalue weighted by atomic mass is 79.9. The van der Waals surface area contributed by atoms with Crippen LogP contribution in [0.25, 0.3) is 0 Å². The van der Waals surface area contributed by atoms with Gasteiger partial charge in [-0.15, -0.1) is 0 Å². The molecule has 1 amide bonds. The number of hydrogen-bond acceptors (Lipinski definition) is 4. The number of hydrogen-bond donors (Lipinski definition) is 2. The molecule has 0 aromatic heterocycles. The molecule has 3 aromatic carbocycles. The average Bonchev–Trinajstić information content (AvgIpc) is 3.35. The van der Waals surface area contributed by atoms with Gasteiger partial charge in [-0.25, -0.2) is 10.9 Å². The van der Waals surface area contributed by atoms with E-state index in [1.807, 2.05) is 66.4 Å². The third kappa shape index (κ3) is 3.65. The Kier molecular flexibility index (Phi) is 5.52. The molecule has 4 unspecified atom stereocenters.